The maximum atomic E-state index is 8.95. The van der Waals surface area contributed by atoms with Crippen LogP contribution in [-0.2, 0) is 0 Å². The van der Waals surface area contributed by atoms with E-state index in [2.05, 4.69) is 15.9 Å². The van der Waals surface area contributed by atoms with E-state index in [1.165, 1.54) is 45.2 Å². The van der Waals surface area contributed by atoms with Gasteiger partial charge in [-0.05, 0) is 57.0 Å². The summed E-state index contributed by atoms with van der Waals surface area (Å²) in [6, 6.07) is 8.69. The molecule has 2 saturated heterocycles. The van der Waals surface area contributed by atoms with Gasteiger partial charge in [0.25, 0.3) is 0 Å². The number of nitrogens with two attached hydrogens (primary N) is 1. The lowest BCUT2D eigenvalue weighted by molar-refractivity contribution is 0.141. The molecule has 4 nitrogen and oxygen atoms in total. The van der Waals surface area contributed by atoms with Gasteiger partial charge in [-0.25, -0.2) is 0 Å². The molecule has 0 radical (unpaired) electrons. The van der Waals surface area contributed by atoms with E-state index in [1.54, 1.807) is 0 Å². The summed E-state index contributed by atoms with van der Waals surface area (Å²) in [5.74, 6) is 0. The monoisotopic (exact) mass is 284 g/mol. The van der Waals surface area contributed by atoms with Crippen LogP contribution in [0.3, 0.4) is 0 Å². The third kappa shape index (κ3) is 3.14. The molecule has 0 atom stereocenters. The van der Waals surface area contributed by atoms with Crippen LogP contribution in [-0.4, -0.2) is 37.1 Å². The molecule has 2 N–H and O–H groups in total. The summed E-state index contributed by atoms with van der Waals surface area (Å²) in [5.41, 5.74) is 8.24. The van der Waals surface area contributed by atoms with Crippen molar-refractivity contribution in [3.63, 3.8) is 0 Å². The van der Waals surface area contributed by atoms with E-state index in [4.69, 9.17) is 11.0 Å². The fourth-order valence-electron chi connectivity index (χ4n) is 3.62. The van der Waals surface area contributed by atoms with E-state index >= 15 is 0 Å². The highest BCUT2D eigenvalue weighted by atomic mass is 15.2. The summed E-state index contributed by atoms with van der Waals surface area (Å²) >= 11 is 0. The molecule has 2 heterocycles. The summed E-state index contributed by atoms with van der Waals surface area (Å²) in [7, 11) is 0. The van der Waals surface area contributed by atoms with E-state index in [0.717, 1.165) is 24.8 Å². The molecule has 1 aromatic carbocycles. The Hall–Kier alpha value is -1.73. The molecule has 1 aromatic rings. The zero-order chi connectivity index (χ0) is 14.7. The van der Waals surface area contributed by atoms with Crippen LogP contribution in [0.1, 0.15) is 37.7 Å². The summed E-state index contributed by atoms with van der Waals surface area (Å²) in [5, 5.41) is 8.95. The van der Waals surface area contributed by atoms with E-state index in [1.807, 2.05) is 18.2 Å². The first-order valence-electron chi connectivity index (χ1n) is 8.06. The molecule has 2 aliphatic heterocycles. The minimum absolute atomic E-state index is 0.571. The van der Waals surface area contributed by atoms with Gasteiger partial charge in [0, 0.05) is 24.8 Å². The zero-order valence-corrected chi connectivity index (χ0v) is 12.6. The van der Waals surface area contributed by atoms with Crippen LogP contribution in [0.4, 0.5) is 11.4 Å². The lowest BCUT2D eigenvalue weighted by Crippen LogP contribution is -2.46. The van der Waals surface area contributed by atoms with Crippen LogP contribution in [0.15, 0.2) is 18.2 Å². The van der Waals surface area contributed by atoms with Crippen LogP contribution >= 0.6 is 0 Å². The summed E-state index contributed by atoms with van der Waals surface area (Å²) < 4.78 is 0. The molecule has 0 saturated carbocycles. The molecule has 0 aromatic heterocycles. The summed E-state index contributed by atoms with van der Waals surface area (Å²) in [4.78, 5) is 5.09. The topological polar surface area (TPSA) is 56.3 Å². The van der Waals surface area contributed by atoms with Crippen molar-refractivity contribution in [1.29, 1.82) is 5.26 Å². The quantitative estimate of drug-likeness (QED) is 0.848. The lowest BCUT2D eigenvalue weighted by atomic mass is 9.99. The number of hydrogen-bond donors (Lipinski definition) is 1. The lowest BCUT2D eigenvalue weighted by Gasteiger charge is -2.41. The SMILES string of the molecule is N#Cc1ccc(N2CCC(N3CCCCC3)CC2)cc1N. The molecule has 3 rings (SSSR count). The fraction of sp³-hybridized carbons (Fsp3) is 0.588. The number of likely N-dealkylation sites (tertiary alicyclic amines) is 1. The van der Waals surface area contributed by atoms with Gasteiger partial charge in [-0.1, -0.05) is 6.42 Å². The molecule has 0 spiro atoms. The predicted octanol–water partition coefficient (Wildman–Crippen LogP) is 2.60. The molecule has 2 aliphatic rings. The molecule has 0 aliphatic carbocycles. The van der Waals surface area contributed by atoms with Gasteiger partial charge in [-0.15, -0.1) is 0 Å². The first-order valence-corrected chi connectivity index (χ1v) is 8.06. The first-order chi connectivity index (χ1) is 10.3. The van der Waals surface area contributed by atoms with E-state index < -0.39 is 0 Å². The molecule has 21 heavy (non-hydrogen) atoms. The maximum Gasteiger partial charge on any atom is 0.101 e. The highest BCUT2D eigenvalue weighted by Gasteiger charge is 2.25. The van der Waals surface area contributed by atoms with E-state index in [9.17, 15) is 0 Å². The highest BCUT2D eigenvalue weighted by molar-refractivity contribution is 5.63. The smallest absolute Gasteiger partial charge is 0.101 e. The van der Waals surface area contributed by atoms with Gasteiger partial charge in [0.1, 0.15) is 6.07 Å². The first kappa shape index (κ1) is 14.2. The van der Waals surface area contributed by atoms with Gasteiger partial charge in [-0.3, -0.25) is 0 Å². The Labute approximate surface area is 127 Å². The van der Waals surface area contributed by atoms with Crippen LogP contribution in [0, 0.1) is 11.3 Å². The van der Waals surface area contributed by atoms with Crippen molar-refractivity contribution < 1.29 is 0 Å². The Morgan fingerprint density at radius 3 is 2.38 bits per heavy atom. The Morgan fingerprint density at radius 1 is 1.05 bits per heavy atom. The van der Waals surface area contributed by atoms with Crippen molar-refractivity contribution in [1.82, 2.24) is 4.90 Å². The highest BCUT2D eigenvalue weighted by Crippen LogP contribution is 2.26. The second kappa shape index (κ2) is 6.36. The van der Waals surface area contributed by atoms with Gasteiger partial charge >= 0.3 is 0 Å². The maximum absolute atomic E-state index is 8.95. The standard InChI is InChI=1S/C17H24N4/c18-13-14-4-5-16(12-17(14)19)21-10-6-15(7-11-21)20-8-2-1-3-9-20/h4-5,12,15H,1-3,6-11,19H2. The Balaban J connectivity index is 1.60. The number of nitrogens with zero attached hydrogens (tertiary/aromatic N) is 3. The Kier molecular flexibility index (Phi) is 4.31. The van der Waals surface area contributed by atoms with Gasteiger partial charge in [-0.2, -0.15) is 5.26 Å². The van der Waals surface area contributed by atoms with Crippen LogP contribution in [0.5, 0.6) is 0 Å². The Morgan fingerprint density at radius 2 is 1.76 bits per heavy atom. The normalized spacial score (nSPS) is 21.2. The summed E-state index contributed by atoms with van der Waals surface area (Å²) in [6.45, 7) is 4.75. The molecular formula is C17H24N4. The van der Waals surface area contributed by atoms with Crippen LogP contribution in [0.25, 0.3) is 0 Å². The number of rotatable bonds is 2. The molecular weight excluding hydrogens is 260 g/mol. The molecule has 0 amide bonds. The van der Waals surface area contributed by atoms with Crippen molar-refractivity contribution in [2.24, 2.45) is 0 Å². The number of piperidine rings is 2. The third-order valence-corrected chi connectivity index (χ3v) is 4.89. The minimum atomic E-state index is 0.571. The van der Waals surface area contributed by atoms with Crippen molar-refractivity contribution in [3.05, 3.63) is 23.8 Å². The van der Waals surface area contributed by atoms with Gasteiger partial charge in [0.15, 0.2) is 0 Å². The van der Waals surface area contributed by atoms with Gasteiger partial charge in [0.05, 0.1) is 11.3 Å². The average molecular weight is 284 g/mol. The molecule has 2 fully saturated rings. The molecule has 0 unspecified atom stereocenters. The van der Waals surface area contributed by atoms with Crippen LogP contribution < -0.4 is 10.6 Å². The van der Waals surface area contributed by atoms with Crippen LogP contribution in [0.2, 0.25) is 0 Å². The number of hydrogen-bond acceptors (Lipinski definition) is 4. The van der Waals surface area contributed by atoms with Gasteiger partial charge in [0.2, 0.25) is 0 Å². The molecule has 4 heteroatoms. The second-order valence-electron chi connectivity index (χ2n) is 6.20. The largest absolute Gasteiger partial charge is 0.398 e. The second-order valence-corrected chi connectivity index (χ2v) is 6.20. The fourth-order valence-corrected chi connectivity index (χ4v) is 3.62. The minimum Gasteiger partial charge on any atom is -0.398 e. The van der Waals surface area contributed by atoms with Crippen molar-refractivity contribution in [2.45, 2.75) is 38.1 Å². The number of nitrogen functional groups attached to an aromatic ring is 1. The summed E-state index contributed by atoms with van der Waals surface area (Å²) in [6.07, 6.45) is 6.61. The van der Waals surface area contributed by atoms with Crippen molar-refractivity contribution in [2.75, 3.05) is 36.8 Å². The van der Waals surface area contributed by atoms with Crippen molar-refractivity contribution >= 4 is 11.4 Å². The van der Waals surface area contributed by atoms with E-state index in [-0.39, 0.29) is 0 Å². The van der Waals surface area contributed by atoms with Gasteiger partial charge < -0.3 is 15.5 Å². The molecule has 112 valence electrons. The number of nitriles is 1. The Bertz CT molecular complexity index is 520. The van der Waals surface area contributed by atoms with E-state index in [0.29, 0.717) is 11.3 Å². The molecule has 0 bridgehead atoms. The number of benzene rings is 1. The predicted molar refractivity (Wildman–Crippen MR) is 86.2 cm³/mol. The number of anilines is 2. The average Bonchev–Trinajstić information content (AvgIpc) is 2.56. The zero-order valence-electron chi connectivity index (χ0n) is 12.6. The third-order valence-electron chi connectivity index (χ3n) is 4.89. The van der Waals surface area contributed by atoms with Crippen molar-refractivity contribution in [3.8, 4) is 6.07 Å².